The molecule has 0 unspecified atom stereocenters. The highest BCUT2D eigenvalue weighted by molar-refractivity contribution is 9.10. The van der Waals surface area contributed by atoms with Gasteiger partial charge in [-0.2, -0.15) is 0 Å². The van der Waals surface area contributed by atoms with E-state index in [1.54, 1.807) is 24.3 Å². The van der Waals surface area contributed by atoms with Crippen LogP contribution in [0.25, 0.3) is 0 Å². The number of aryl methyl sites for hydroxylation is 1. The summed E-state index contributed by atoms with van der Waals surface area (Å²) in [5.74, 6) is 1.14. The van der Waals surface area contributed by atoms with Gasteiger partial charge in [0.05, 0.1) is 0 Å². The lowest BCUT2D eigenvalue weighted by atomic mass is 10.0. The fraction of sp³-hybridized carbons (Fsp3) is 0.143. The highest BCUT2D eigenvalue weighted by atomic mass is 79.9. The van der Waals surface area contributed by atoms with Crippen molar-refractivity contribution in [2.45, 2.75) is 19.4 Å². The molecule has 2 amide bonds. The molecule has 2 heterocycles. The fourth-order valence-corrected chi connectivity index (χ4v) is 3.32. The van der Waals surface area contributed by atoms with Gasteiger partial charge >= 0.3 is 0 Å². The maximum Gasteiger partial charge on any atom is 0.291 e. The molecule has 2 aromatic carbocycles. The number of nitrogens with one attached hydrogen (secondary N) is 2. The zero-order chi connectivity index (χ0) is 19.5. The van der Waals surface area contributed by atoms with Crippen LogP contribution in [0.1, 0.15) is 28.3 Å². The molecule has 2 N–H and O–H groups in total. The summed E-state index contributed by atoms with van der Waals surface area (Å²) in [6.07, 6.45) is 1.10. The normalized spacial score (nSPS) is 12.8. The summed E-state index contributed by atoms with van der Waals surface area (Å²) in [4.78, 5) is 23.9. The zero-order valence-electron chi connectivity index (χ0n) is 14.8. The molecule has 1 aliphatic heterocycles. The quantitative estimate of drug-likeness (QED) is 0.599. The Hall–Kier alpha value is -3.06. The van der Waals surface area contributed by atoms with Gasteiger partial charge in [-0.25, -0.2) is 0 Å². The van der Waals surface area contributed by atoms with Gasteiger partial charge in [0, 0.05) is 22.3 Å². The van der Waals surface area contributed by atoms with Gasteiger partial charge in [-0.1, -0.05) is 22.0 Å². The summed E-state index contributed by atoms with van der Waals surface area (Å²) in [6, 6.07) is 16.2. The minimum atomic E-state index is -0.339. The van der Waals surface area contributed by atoms with Crippen molar-refractivity contribution in [1.29, 1.82) is 0 Å². The minimum Gasteiger partial charge on any atom is -0.486 e. The van der Waals surface area contributed by atoms with Crippen LogP contribution in [0.5, 0.6) is 5.75 Å². The van der Waals surface area contributed by atoms with E-state index in [1.165, 1.54) is 0 Å². The predicted octanol–water partition coefficient (Wildman–Crippen LogP) is 4.76. The SMILES string of the molecule is O=C1CCc2cc(NC(=O)c3ccc(COc4cccc(Br)c4)o3)ccc2N1. The third-order valence-corrected chi connectivity index (χ3v) is 4.81. The Morgan fingerprint density at radius 1 is 1.14 bits per heavy atom. The molecule has 7 heteroatoms. The average Bonchev–Trinajstić information content (AvgIpc) is 3.16. The van der Waals surface area contributed by atoms with Crippen molar-refractivity contribution < 1.29 is 18.7 Å². The van der Waals surface area contributed by atoms with E-state index in [1.807, 2.05) is 30.3 Å². The van der Waals surface area contributed by atoms with Crippen LogP contribution < -0.4 is 15.4 Å². The number of amides is 2. The number of furan rings is 1. The van der Waals surface area contributed by atoms with E-state index >= 15 is 0 Å². The van der Waals surface area contributed by atoms with Crippen LogP contribution in [0.4, 0.5) is 11.4 Å². The van der Waals surface area contributed by atoms with Crippen molar-refractivity contribution in [3.63, 3.8) is 0 Å². The van der Waals surface area contributed by atoms with E-state index in [9.17, 15) is 9.59 Å². The topological polar surface area (TPSA) is 80.6 Å². The van der Waals surface area contributed by atoms with Crippen molar-refractivity contribution in [3.05, 3.63) is 76.2 Å². The predicted molar refractivity (Wildman–Crippen MR) is 109 cm³/mol. The lowest BCUT2D eigenvalue weighted by Crippen LogP contribution is -2.19. The van der Waals surface area contributed by atoms with Crippen molar-refractivity contribution in [2.75, 3.05) is 10.6 Å². The molecule has 0 atom stereocenters. The van der Waals surface area contributed by atoms with E-state index in [0.29, 0.717) is 30.0 Å². The van der Waals surface area contributed by atoms with Gasteiger partial charge in [-0.15, -0.1) is 0 Å². The molecule has 0 fully saturated rings. The number of hydrogen-bond acceptors (Lipinski definition) is 4. The lowest BCUT2D eigenvalue weighted by molar-refractivity contribution is -0.116. The number of ether oxygens (including phenoxy) is 1. The maximum atomic E-state index is 12.4. The Labute approximate surface area is 170 Å². The Balaban J connectivity index is 1.38. The molecule has 0 bridgehead atoms. The Morgan fingerprint density at radius 2 is 2.04 bits per heavy atom. The van der Waals surface area contributed by atoms with Crippen LogP contribution in [-0.4, -0.2) is 11.8 Å². The van der Waals surface area contributed by atoms with E-state index < -0.39 is 0 Å². The second kappa shape index (κ2) is 7.90. The number of fused-ring (bicyclic) bond motifs is 1. The van der Waals surface area contributed by atoms with E-state index in [-0.39, 0.29) is 24.2 Å². The molecular formula is C21H17BrN2O4. The molecule has 28 heavy (non-hydrogen) atoms. The van der Waals surface area contributed by atoms with Crippen LogP contribution in [0.2, 0.25) is 0 Å². The first kappa shape index (κ1) is 18.3. The monoisotopic (exact) mass is 440 g/mol. The van der Waals surface area contributed by atoms with E-state index in [0.717, 1.165) is 15.7 Å². The third-order valence-electron chi connectivity index (χ3n) is 4.32. The summed E-state index contributed by atoms with van der Waals surface area (Å²) in [7, 11) is 0. The van der Waals surface area contributed by atoms with Crippen LogP contribution in [-0.2, 0) is 17.8 Å². The van der Waals surface area contributed by atoms with E-state index in [2.05, 4.69) is 26.6 Å². The van der Waals surface area contributed by atoms with Gasteiger partial charge in [-0.05, 0) is 60.5 Å². The summed E-state index contributed by atoms with van der Waals surface area (Å²) in [5.41, 5.74) is 2.45. The van der Waals surface area contributed by atoms with Gasteiger partial charge in [0.15, 0.2) is 5.76 Å². The number of hydrogen-bond donors (Lipinski definition) is 2. The van der Waals surface area contributed by atoms with Gasteiger partial charge in [-0.3, -0.25) is 9.59 Å². The van der Waals surface area contributed by atoms with Crippen LogP contribution in [0, 0.1) is 0 Å². The molecule has 3 aromatic rings. The minimum absolute atomic E-state index is 0.0116. The Morgan fingerprint density at radius 3 is 2.89 bits per heavy atom. The number of benzene rings is 2. The molecule has 0 aliphatic carbocycles. The number of carbonyl (C=O) groups is 2. The summed E-state index contributed by atoms with van der Waals surface area (Å²) in [5, 5.41) is 5.64. The number of anilines is 2. The third kappa shape index (κ3) is 4.26. The molecule has 1 aromatic heterocycles. The molecule has 0 spiro atoms. The van der Waals surface area contributed by atoms with Crippen molar-refractivity contribution in [2.24, 2.45) is 0 Å². The first-order chi connectivity index (χ1) is 13.6. The highest BCUT2D eigenvalue weighted by Crippen LogP contribution is 2.26. The van der Waals surface area contributed by atoms with Gasteiger partial charge in [0.2, 0.25) is 5.91 Å². The van der Waals surface area contributed by atoms with Crippen molar-refractivity contribution >= 4 is 39.1 Å². The van der Waals surface area contributed by atoms with Crippen LogP contribution in [0.3, 0.4) is 0 Å². The number of halogens is 1. The second-order valence-electron chi connectivity index (χ2n) is 6.39. The average molecular weight is 441 g/mol. The van der Waals surface area contributed by atoms with Crippen LogP contribution >= 0.6 is 15.9 Å². The maximum absolute atomic E-state index is 12.4. The van der Waals surface area contributed by atoms with E-state index in [4.69, 9.17) is 9.15 Å². The fourth-order valence-electron chi connectivity index (χ4n) is 2.94. The largest absolute Gasteiger partial charge is 0.486 e. The first-order valence-corrected chi connectivity index (χ1v) is 9.57. The number of rotatable bonds is 5. The molecule has 1 aliphatic rings. The second-order valence-corrected chi connectivity index (χ2v) is 7.30. The Bertz CT molecular complexity index is 1040. The van der Waals surface area contributed by atoms with Crippen molar-refractivity contribution in [3.8, 4) is 5.75 Å². The summed E-state index contributed by atoms with van der Waals surface area (Å²) >= 11 is 3.39. The molecule has 0 radical (unpaired) electrons. The molecule has 4 rings (SSSR count). The molecule has 0 saturated heterocycles. The smallest absolute Gasteiger partial charge is 0.291 e. The van der Waals surface area contributed by atoms with Crippen molar-refractivity contribution in [1.82, 2.24) is 0 Å². The Kier molecular flexibility index (Phi) is 5.16. The summed E-state index contributed by atoms with van der Waals surface area (Å²) in [6.45, 7) is 0.224. The number of carbonyl (C=O) groups excluding carboxylic acids is 2. The van der Waals surface area contributed by atoms with Crippen LogP contribution in [0.15, 0.2) is 63.5 Å². The molecule has 0 saturated carbocycles. The van der Waals surface area contributed by atoms with Gasteiger partial charge < -0.3 is 19.8 Å². The highest BCUT2D eigenvalue weighted by Gasteiger charge is 2.17. The molecular weight excluding hydrogens is 424 g/mol. The lowest BCUT2D eigenvalue weighted by Gasteiger charge is -2.17. The molecule has 6 nitrogen and oxygen atoms in total. The summed E-state index contributed by atoms with van der Waals surface area (Å²) < 4.78 is 12.2. The first-order valence-electron chi connectivity index (χ1n) is 8.78. The van der Waals surface area contributed by atoms with Gasteiger partial charge in [0.25, 0.3) is 5.91 Å². The zero-order valence-corrected chi connectivity index (χ0v) is 16.4. The van der Waals surface area contributed by atoms with Gasteiger partial charge in [0.1, 0.15) is 18.1 Å². The molecule has 142 valence electrons. The standard InChI is InChI=1S/C21H17BrN2O4/c22-14-2-1-3-16(11-14)27-12-17-6-8-19(28-17)21(26)23-15-5-7-18-13(10-15)4-9-20(25)24-18/h1-3,5-8,10-11H,4,9,12H2,(H,23,26)(H,24,25).